The summed E-state index contributed by atoms with van der Waals surface area (Å²) in [5, 5.41) is 12.8. The van der Waals surface area contributed by atoms with Gasteiger partial charge in [0.2, 0.25) is 0 Å². The number of para-hydroxylation sites is 1. The first kappa shape index (κ1) is 12.6. The van der Waals surface area contributed by atoms with E-state index in [1.807, 2.05) is 30.3 Å². The molecule has 1 aromatic rings. The highest BCUT2D eigenvalue weighted by Gasteiger charge is 2.32. The van der Waals surface area contributed by atoms with E-state index in [4.69, 9.17) is 0 Å². The van der Waals surface area contributed by atoms with Gasteiger partial charge in [-0.05, 0) is 24.5 Å². The molecule has 0 aliphatic rings. The minimum Gasteiger partial charge on any atom is -0.367 e. The highest BCUT2D eigenvalue weighted by molar-refractivity contribution is 5.47. The van der Waals surface area contributed by atoms with Gasteiger partial charge >= 0.3 is 0 Å². The van der Waals surface area contributed by atoms with E-state index in [9.17, 15) is 5.26 Å². The standard InChI is InChI=1S/C14H20N2/c1-4-10-14(11-15,12(2)3)16-13-8-6-5-7-9-13/h5-9,12,16H,4,10H2,1-3H3. The van der Waals surface area contributed by atoms with Crippen LogP contribution in [0.4, 0.5) is 5.69 Å². The summed E-state index contributed by atoms with van der Waals surface area (Å²) in [7, 11) is 0. The number of rotatable bonds is 5. The van der Waals surface area contributed by atoms with Crippen molar-refractivity contribution < 1.29 is 0 Å². The van der Waals surface area contributed by atoms with Crippen LogP contribution in [-0.4, -0.2) is 5.54 Å². The zero-order chi connectivity index (χ0) is 12.0. The van der Waals surface area contributed by atoms with Gasteiger partial charge in [0.15, 0.2) is 0 Å². The van der Waals surface area contributed by atoms with Gasteiger partial charge in [-0.1, -0.05) is 45.4 Å². The predicted octanol–water partition coefficient (Wildman–Crippen LogP) is 3.82. The fourth-order valence-electron chi connectivity index (χ4n) is 1.88. The van der Waals surface area contributed by atoms with Crippen molar-refractivity contribution in [1.29, 1.82) is 5.26 Å². The average Bonchev–Trinajstić information content (AvgIpc) is 2.29. The van der Waals surface area contributed by atoms with Crippen molar-refractivity contribution in [2.45, 2.75) is 39.2 Å². The lowest BCUT2D eigenvalue weighted by Crippen LogP contribution is -2.41. The molecule has 2 heteroatoms. The van der Waals surface area contributed by atoms with Crippen molar-refractivity contribution in [3.63, 3.8) is 0 Å². The molecule has 1 atom stereocenters. The largest absolute Gasteiger partial charge is 0.367 e. The SMILES string of the molecule is CCCC(C#N)(Nc1ccccc1)C(C)C. The second kappa shape index (κ2) is 5.55. The number of benzene rings is 1. The van der Waals surface area contributed by atoms with E-state index in [1.54, 1.807) is 0 Å². The fourth-order valence-corrected chi connectivity index (χ4v) is 1.88. The van der Waals surface area contributed by atoms with E-state index in [0.717, 1.165) is 18.5 Å². The third-order valence-electron chi connectivity index (χ3n) is 2.97. The van der Waals surface area contributed by atoms with Crippen molar-refractivity contribution in [3.05, 3.63) is 30.3 Å². The molecule has 0 spiro atoms. The molecule has 1 N–H and O–H groups in total. The predicted molar refractivity (Wildman–Crippen MR) is 68.2 cm³/mol. The maximum Gasteiger partial charge on any atom is 0.127 e. The van der Waals surface area contributed by atoms with Gasteiger partial charge < -0.3 is 5.32 Å². The van der Waals surface area contributed by atoms with Crippen molar-refractivity contribution >= 4 is 5.69 Å². The normalized spacial score (nSPS) is 14.2. The Balaban J connectivity index is 2.91. The number of hydrogen-bond acceptors (Lipinski definition) is 2. The Morgan fingerprint density at radius 2 is 1.94 bits per heavy atom. The Morgan fingerprint density at radius 1 is 1.31 bits per heavy atom. The summed E-state index contributed by atoms with van der Waals surface area (Å²) in [5.41, 5.74) is 0.571. The molecule has 2 nitrogen and oxygen atoms in total. The molecule has 0 heterocycles. The van der Waals surface area contributed by atoms with Crippen LogP contribution >= 0.6 is 0 Å². The third-order valence-corrected chi connectivity index (χ3v) is 2.97. The Bertz CT molecular complexity index is 351. The Kier molecular flexibility index (Phi) is 4.37. The van der Waals surface area contributed by atoms with Gasteiger partial charge in [-0.3, -0.25) is 0 Å². The molecule has 0 saturated heterocycles. The van der Waals surface area contributed by atoms with Gasteiger partial charge in [0, 0.05) is 5.69 Å². The van der Waals surface area contributed by atoms with Gasteiger partial charge in [-0.25, -0.2) is 0 Å². The number of anilines is 1. The summed E-state index contributed by atoms with van der Waals surface area (Å²) >= 11 is 0. The summed E-state index contributed by atoms with van der Waals surface area (Å²) in [4.78, 5) is 0. The van der Waals surface area contributed by atoms with Crippen LogP contribution < -0.4 is 5.32 Å². The van der Waals surface area contributed by atoms with Crippen molar-refractivity contribution in [2.75, 3.05) is 5.32 Å². The van der Waals surface area contributed by atoms with E-state index in [0.29, 0.717) is 0 Å². The van der Waals surface area contributed by atoms with Crippen LogP contribution in [0, 0.1) is 17.2 Å². The molecule has 0 radical (unpaired) electrons. The van der Waals surface area contributed by atoms with E-state index < -0.39 is 5.54 Å². The first-order chi connectivity index (χ1) is 7.64. The summed E-state index contributed by atoms with van der Waals surface area (Å²) in [6, 6.07) is 12.4. The average molecular weight is 216 g/mol. The second-order valence-corrected chi connectivity index (χ2v) is 4.48. The molecule has 1 aromatic carbocycles. The van der Waals surface area contributed by atoms with E-state index in [2.05, 4.69) is 32.2 Å². The highest BCUT2D eigenvalue weighted by Crippen LogP contribution is 2.27. The first-order valence-electron chi connectivity index (χ1n) is 5.89. The molecule has 0 aliphatic carbocycles. The smallest absolute Gasteiger partial charge is 0.127 e. The topological polar surface area (TPSA) is 35.8 Å². The number of nitriles is 1. The minimum absolute atomic E-state index is 0.289. The van der Waals surface area contributed by atoms with Crippen LogP contribution in [0.15, 0.2) is 30.3 Å². The second-order valence-electron chi connectivity index (χ2n) is 4.48. The summed E-state index contributed by atoms with van der Waals surface area (Å²) < 4.78 is 0. The van der Waals surface area contributed by atoms with E-state index in [1.165, 1.54) is 0 Å². The van der Waals surface area contributed by atoms with E-state index in [-0.39, 0.29) is 5.92 Å². The van der Waals surface area contributed by atoms with Crippen molar-refractivity contribution in [1.82, 2.24) is 0 Å². The third kappa shape index (κ3) is 2.76. The lowest BCUT2D eigenvalue weighted by molar-refractivity contribution is 0.398. The Morgan fingerprint density at radius 3 is 2.38 bits per heavy atom. The molecule has 1 rings (SSSR count). The molecule has 0 amide bonds. The van der Waals surface area contributed by atoms with Crippen LogP contribution in [0.5, 0.6) is 0 Å². The summed E-state index contributed by atoms with van der Waals surface area (Å²) in [6.07, 6.45) is 1.88. The van der Waals surface area contributed by atoms with Crippen LogP contribution in [-0.2, 0) is 0 Å². The molecule has 0 bridgehead atoms. The van der Waals surface area contributed by atoms with Gasteiger partial charge in [0.05, 0.1) is 6.07 Å². The molecular weight excluding hydrogens is 196 g/mol. The van der Waals surface area contributed by atoms with Crippen LogP contribution in [0.2, 0.25) is 0 Å². The lowest BCUT2D eigenvalue weighted by atomic mass is 9.83. The molecule has 16 heavy (non-hydrogen) atoms. The molecule has 0 aliphatic heterocycles. The van der Waals surface area contributed by atoms with Gasteiger partial charge in [0.25, 0.3) is 0 Å². The van der Waals surface area contributed by atoms with E-state index >= 15 is 0 Å². The van der Waals surface area contributed by atoms with Crippen molar-refractivity contribution in [2.24, 2.45) is 5.92 Å². The maximum absolute atomic E-state index is 9.43. The summed E-state index contributed by atoms with van der Waals surface area (Å²) in [6.45, 7) is 6.30. The molecular formula is C14H20N2. The number of hydrogen-bond donors (Lipinski definition) is 1. The zero-order valence-electron chi connectivity index (χ0n) is 10.3. The molecule has 86 valence electrons. The highest BCUT2D eigenvalue weighted by atomic mass is 15.0. The zero-order valence-corrected chi connectivity index (χ0v) is 10.3. The monoisotopic (exact) mass is 216 g/mol. The lowest BCUT2D eigenvalue weighted by Gasteiger charge is -2.32. The minimum atomic E-state index is -0.448. The molecule has 0 saturated carbocycles. The molecule has 0 fully saturated rings. The van der Waals surface area contributed by atoms with Crippen LogP contribution in [0.25, 0.3) is 0 Å². The fraction of sp³-hybridized carbons (Fsp3) is 0.500. The van der Waals surface area contributed by atoms with Crippen molar-refractivity contribution in [3.8, 4) is 6.07 Å². The van der Waals surface area contributed by atoms with Gasteiger partial charge in [-0.2, -0.15) is 5.26 Å². The Labute approximate surface area is 98.3 Å². The number of nitrogens with zero attached hydrogens (tertiary/aromatic N) is 1. The summed E-state index contributed by atoms with van der Waals surface area (Å²) in [5.74, 6) is 0.289. The van der Waals surface area contributed by atoms with Crippen LogP contribution in [0.3, 0.4) is 0 Å². The van der Waals surface area contributed by atoms with Gasteiger partial charge in [0.1, 0.15) is 5.54 Å². The Hall–Kier alpha value is -1.49. The maximum atomic E-state index is 9.43. The first-order valence-corrected chi connectivity index (χ1v) is 5.89. The van der Waals surface area contributed by atoms with Gasteiger partial charge in [-0.15, -0.1) is 0 Å². The molecule has 0 aromatic heterocycles. The van der Waals surface area contributed by atoms with Crippen LogP contribution in [0.1, 0.15) is 33.6 Å². The quantitative estimate of drug-likeness (QED) is 0.812. The molecule has 1 unspecified atom stereocenters. The number of nitrogens with one attached hydrogen (secondary N) is 1.